The number of epoxide rings is 6. The molecule has 0 N–H and O–H groups in total. The van der Waals surface area contributed by atoms with Crippen LogP contribution in [0, 0.1) is 16.2 Å². The lowest BCUT2D eigenvalue weighted by Gasteiger charge is -2.41. The van der Waals surface area contributed by atoms with E-state index in [1.165, 1.54) is 0 Å². The maximum absolute atomic E-state index is 6.92. The third-order valence-corrected chi connectivity index (χ3v) is 12.4. The topological polar surface area (TPSA) is 158 Å². The molecule has 0 spiro atoms. The van der Waals surface area contributed by atoms with Gasteiger partial charge in [-0.25, -0.2) is 0 Å². The van der Waals surface area contributed by atoms with Crippen molar-refractivity contribution >= 4 is 0 Å². The molecule has 7 aliphatic rings. The molecule has 6 atom stereocenters. The Morgan fingerprint density at radius 2 is 0.526 bits per heavy atom. The van der Waals surface area contributed by atoms with Gasteiger partial charge in [-0.3, -0.25) is 0 Å². The van der Waals surface area contributed by atoms with Gasteiger partial charge in [0.1, 0.15) is 36.6 Å². The Morgan fingerprint density at radius 3 is 0.684 bits per heavy atom. The molecule has 330 valence electrons. The SMILES string of the molecule is CCC(COCC1CO1)(COCC1CO1)COC1CC(OCC(CC)(COCC2CO2)COCC2CO2)CC(OCC(CC)(COCC2CO2)COCC2CO2)C1. The van der Waals surface area contributed by atoms with E-state index in [0.717, 1.165) is 78.2 Å². The molecule has 6 aliphatic heterocycles. The van der Waals surface area contributed by atoms with E-state index < -0.39 is 0 Å². The summed E-state index contributed by atoms with van der Waals surface area (Å²) in [7, 11) is 0. The standard InChI is InChI=1S/C42H72O15/c1-4-40(22-43-10-34-16-49-34,23-44-11-35-17-50-35)28-55-31-7-32(56-29-41(5-2,24-45-12-36-18-51-36)25-46-13-37-19-52-37)9-33(8-31)57-30-42(6-3,26-47-14-38-20-53-38)27-48-15-39-21-54-39/h31-39H,4-30H2,1-3H3. The summed E-state index contributed by atoms with van der Waals surface area (Å²) in [6, 6.07) is 0. The summed E-state index contributed by atoms with van der Waals surface area (Å²) in [6.45, 7) is 19.4. The van der Waals surface area contributed by atoms with E-state index in [1.807, 2.05) is 0 Å². The smallest absolute Gasteiger partial charge is 0.104 e. The van der Waals surface area contributed by atoms with Gasteiger partial charge in [0.2, 0.25) is 0 Å². The van der Waals surface area contributed by atoms with E-state index >= 15 is 0 Å². The summed E-state index contributed by atoms with van der Waals surface area (Å²) in [5, 5.41) is 0. The molecule has 1 saturated carbocycles. The van der Waals surface area contributed by atoms with Crippen LogP contribution >= 0.6 is 0 Å². The fourth-order valence-electron chi connectivity index (χ4n) is 7.18. The Morgan fingerprint density at radius 1 is 0.333 bits per heavy atom. The van der Waals surface area contributed by atoms with Crippen molar-refractivity contribution < 1.29 is 71.1 Å². The molecular formula is C42H72O15. The normalized spacial score (nSPS) is 34.3. The van der Waals surface area contributed by atoms with Crippen LogP contribution in [-0.2, 0) is 71.1 Å². The molecule has 0 amide bonds. The quantitative estimate of drug-likeness (QED) is 0.0850. The highest BCUT2D eigenvalue weighted by atomic mass is 16.6. The lowest BCUT2D eigenvalue weighted by atomic mass is 9.86. The van der Waals surface area contributed by atoms with Crippen molar-refractivity contribution in [1.82, 2.24) is 0 Å². The van der Waals surface area contributed by atoms with E-state index in [1.54, 1.807) is 0 Å². The second kappa shape index (κ2) is 22.0. The van der Waals surface area contributed by atoms with Crippen molar-refractivity contribution in [2.24, 2.45) is 16.2 Å². The highest BCUT2D eigenvalue weighted by Gasteiger charge is 2.41. The van der Waals surface area contributed by atoms with Crippen molar-refractivity contribution in [2.75, 3.05) is 139 Å². The van der Waals surface area contributed by atoms with E-state index in [0.29, 0.717) is 99.1 Å². The molecule has 0 aromatic carbocycles. The van der Waals surface area contributed by atoms with Gasteiger partial charge >= 0.3 is 0 Å². The number of ether oxygens (including phenoxy) is 15. The average molecular weight is 817 g/mol. The van der Waals surface area contributed by atoms with Crippen LogP contribution in [0.15, 0.2) is 0 Å². The molecule has 0 bridgehead atoms. The van der Waals surface area contributed by atoms with Crippen LogP contribution in [-0.4, -0.2) is 194 Å². The summed E-state index contributed by atoms with van der Waals surface area (Å²) < 4.78 is 90.5. The van der Waals surface area contributed by atoms with Gasteiger partial charge in [-0.2, -0.15) is 0 Å². The van der Waals surface area contributed by atoms with Crippen LogP contribution in [0.2, 0.25) is 0 Å². The van der Waals surface area contributed by atoms with Crippen LogP contribution in [0.25, 0.3) is 0 Å². The molecule has 6 unspecified atom stereocenters. The molecule has 6 heterocycles. The molecule has 7 rings (SSSR count). The molecule has 0 radical (unpaired) electrons. The summed E-state index contributed by atoms with van der Waals surface area (Å²) in [5.74, 6) is 0. The summed E-state index contributed by atoms with van der Waals surface area (Å²) in [6.07, 6.45) is 5.76. The predicted octanol–water partition coefficient (Wildman–Crippen LogP) is 3.01. The van der Waals surface area contributed by atoms with Crippen molar-refractivity contribution in [3.05, 3.63) is 0 Å². The maximum Gasteiger partial charge on any atom is 0.104 e. The minimum atomic E-state index is -0.306. The lowest BCUT2D eigenvalue weighted by molar-refractivity contribution is -0.159. The Labute approximate surface area is 339 Å². The zero-order valence-corrected chi connectivity index (χ0v) is 34.9. The van der Waals surface area contributed by atoms with Crippen LogP contribution < -0.4 is 0 Å². The number of rotatable bonds is 36. The summed E-state index contributed by atoms with van der Waals surface area (Å²) in [5.41, 5.74) is -0.919. The first-order valence-electron chi connectivity index (χ1n) is 21.9. The zero-order chi connectivity index (χ0) is 39.4. The van der Waals surface area contributed by atoms with Crippen LogP contribution in [0.1, 0.15) is 59.3 Å². The largest absolute Gasteiger partial charge is 0.378 e. The van der Waals surface area contributed by atoms with Crippen molar-refractivity contribution in [2.45, 2.75) is 114 Å². The number of hydrogen-bond donors (Lipinski definition) is 0. The van der Waals surface area contributed by atoms with E-state index in [-0.39, 0.29) is 71.2 Å². The van der Waals surface area contributed by atoms with Gasteiger partial charge in [0.25, 0.3) is 0 Å². The van der Waals surface area contributed by atoms with Gasteiger partial charge in [-0.1, -0.05) is 20.8 Å². The van der Waals surface area contributed by atoms with Crippen LogP contribution in [0.3, 0.4) is 0 Å². The Kier molecular flexibility index (Phi) is 17.1. The monoisotopic (exact) mass is 816 g/mol. The van der Waals surface area contributed by atoms with Crippen molar-refractivity contribution in [1.29, 1.82) is 0 Å². The van der Waals surface area contributed by atoms with Gasteiger partial charge < -0.3 is 71.1 Å². The zero-order valence-electron chi connectivity index (χ0n) is 34.9. The first-order chi connectivity index (χ1) is 27.9. The van der Waals surface area contributed by atoms with Crippen molar-refractivity contribution in [3.8, 4) is 0 Å². The van der Waals surface area contributed by atoms with Gasteiger partial charge in [0.05, 0.1) is 157 Å². The van der Waals surface area contributed by atoms with Gasteiger partial charge in [-0.15, -0.1) is 0 Å². The minimum absolute atomic E-state index is 0.0803. The highest BCUT2D eigenvalue weighted by Crippen LogP contribution is 2.35. The third kappa shape index (κ3) is 16.3. The summed E-state index contributed by atoms with van der Waals surface area (Å²) >= 11 is 0. The van der Waals surface area contributed by atoms with Gasteiger partial charge in [-0.05, 0) is 38.5 Å². The molecule has 0 aromatic rings. The Hall–Kier alpha value is -0.600. The molecule has 7 fully saturated rings. The van der Waals surface area contributed by atoms with Crippen LogP contribution in [0.5, 0.6) is 0 Å². The minimum Gasteiger partial charge on any atom is -0.378 e. The molecule has 57 heavy (non-hydrogen) atoms. The molecular weight excluding hydrogens is 744 g/mol. The van der Waals surface area contributed by atoms with Gasteiger partial charge in [0, 0.05) is 16.2 Å². The van der Waals surface area contributed by atoms with E-state index in [2.05, 4.69) is 20.8 Å². The van der Waals surface area contributed by atoms with E-state index in [9.17, 15) is 0 Å². The van der Waals surface area contributed by atoms with Gasteiger partial charge in [0.15, 0.2) is 0 Å². The molecule has 1 aliphatic carbocycles. The number of hydrogen-bond acceptors (Lipinski definition) is 15. The fraction of sp³-hybridized carbons (Fsp3) is 1.00. The van der Waals surface area contributed by atoms with E-state index in [4.69, 9.17) is 71.1 Å². The Balaban J connectivity index is 1.00. The maximum atomic E-state index is 6.92. The third-order valence-electron chi connectivity index (χ3n) is 12.4. The average Bonchev–Trinajstić information content (AvgIpc) is 4.01. The predicted molar refractivity (Wildman–Crippen MR) is 205 cm³/mol. The first-order valence-corrected chi connectivity index (χ1v) is 21.9. The Bertz CT molecular complexity index is 941. The lowest BCUT2D eigenvalue weighted by Crippen LogP contribution is -2.45. The summed E-state index contributed by atoms with van der Waals surface area (Å²) in [4.78, 5) is 0. The fourth-order valence-corrected chi connectivity index (χ4v) is 7.18. The molecule has 15 nitrogen and oxygen atoms in total. The molecule has 6 saturated heterocycles. The molecule has 0 aromatic heterocycles. The second-order valence-electron chi connectivity index (χ2n) is 17.9. The molecule has 15 heteroatoms. The van der Waals surface area contributed by atoms with Crippen LogP contribution in [0.4, 0.5) is 0 Å². The second-order valence-corrected chi connectivity index (χ2v) is 17.9. The van der Waals surface area contributed by atoms with Crippen molar-refractivity contribution in [3.63, 3.8) is 0 Å². The first kappa shape index (κ1) is 44.5. The highest BCUT2D eigenvalue weighted by molar-refractivity contribution is 4.88.